The van der Waals surface area contributed by atoms with E-state index in [4.69, 9.17) is 0 Å². The summed E-state index contributed by atoms with van der Waals surface area (Å²) in [6.45, 7) is 8.18. The molecular formula is C20H31ClN4O2S. The number of carbonyl (C=O) groups excluding carboxylic acids is 2. The topological polar surface area (TPSA) is 55.9 Å². The molecule has 0 bridgehead atoms. The van der Waals surface area contributed by atoms with Crippen LogP contribution < -0.4 is 10.2 Å². The summed E-state index contributed by atoms with van der Waals surface area (Å²) in [7, 11) is 0. The van der Waals surface area contributed by atoms with E-state index < -0.39 is 0 Å². The minimum absolute atomic E-state index is 0. The van der Waals surface area contributed by atoms with Crippen LogP contribution in [0.3, 0.4) is 0 Å². The third-order valence-corrected chi connectivity index (χ3v) is 6.35. The predicted octanol–water partition coefficient (Wildman–Crippen LogP) is 3.06. The van der Waals surface area contributed by atoms with E-state index in [9.17, 15) is 9.59 Å². The van der Waals surface area contributed by atoms with Gasteiger partial charge < -0.3 is 10.2 Å². The van der Waals surface area contributed by atoms with Crippen LogP contribution in [0.5, 0.6) is 0 Å². The zero-order valence-electron chi connectivity index (χ0n) is 16.6. The molecule has 2 aliphatic rings. The van der Waals surface area contributed by atoms with E-state index >= 15 is 0 Å². The van der Waals surface area contributed by atoms with Crippen LogP contribution in [0.2, 0.25) is 0 Å². The number of rotatable bonds is 9. The van der Waals surface area contributed by atoms with E-state index in [2.05, 4.69) is 46.3 Å². The number of imide groups is 1. The Morgan fingerprint density at radius 2 is 1.75 bits per heavy atom. The van der Waals surface area contributed by atoms with Crippen LogP contribution in [0.15, 0.2) is 29.2 Å². The van der Waals surface area contributed by atoms with Crippen molar-refractivity contribution in [3.8, 4) is 0 Å². The van der Waals surface area contributed by atoms with Crippen LogP contribution in [0, 0.1) is 0 Å². The number of urea groups is 1. The van der Waals surface area contributed by atoms with Gasteiger partial charge in [0.05, 0.1) is 12.2 Å². The lowest BCUT2D eigenvalue weighted by atomic mass is 10.2. The second kappa shape index (κ2) is 11.5. The molecule has 0 unspecified atom stereocenters. The predicted molar refractivity (Wildman–Crippen MR) is 118 cm³/mol. The minimum Gasteiger partial charge on any atom is -0.368 e. The SMILES string of the molecule is CCCSc1ccccc1N1CCN(CCCCN2C(=O)CNC2=O)CC1.Cl. The Hall–Kier alpha value is -1.44. The monoisotopic (exact) mass is 426 g/mol. The number of halogens is 1. The highest BCUT2D eigenvalue weighted by Crippen LogP contribution is 2.31. The fourth-order valence-electron chi connectivity index (χ4n) is 3.55. The molecule has 2 heterocycles. The molecule has 156 valence electrons. The Bertz CT molecular complexity index is 637. The number of nitrogens with one attached hydrogen (secondary N) is 1. The van der Waals surface area contributed by atoms with Crippen LogP contribution in [0.25, 0.3) is 0 Å². The van der Waals surface area contributed by atoms with Crippen molar-refractivity contribution < 1.29 is 9.59 Å². The van der Waals surface area contributed by atoms with Crippen LogP contribution in [0.4, 0.5) is 10.5 Å². The highest BCUT2D eigenvalue weighted by Gasteiger charge is 2.27. The van der Waals surface area contributed by atoms with E-state index in [-0.39, 0.29) is 30.9 Å². The van der Waals surface area contributed by atoms with E-state index in [0.717, 1.165) is 51.3 Å². The molecule has 3 amide bonds. The summed E-state index contributed by atoms with van der Waals surface area (Å²) in [6, 6.07) is 8.49. The van der Waals surface area contributed by atoms with Crippen molar-refractivity contribution in [1.29, 1.82) is 0 Å². The van der Waals surface area contributed by atoms with Crippen molar-refractivity contribution in [3.63, 3.8) is 0 Å². The lowest BCUT2D eigenvalue weighted by Gasteiger charge is -2.37. The average Bonchev–Trinajstić information content (AvgIpc) is 3.02. The second-order valence-electron chi connectivity index (χ2n) is 7.06. The van der Waals surface area contributed by atoms with Gasteiger partial charge in [0.25, 0.3) is 0 Å². The van der Waals surface area contributed by atoms with Gasteiger partial charge in [-0.25, -0.2) is 4.79 Å². The van der Waals surface area contributed by atoms with Gasteiger partial charge >= 0.3 is 6.03 Å². The van der Waals surface area contributed by atoms with E-state index in [1.165, 1.54) is 21.9 Å². The number of nitrogens with zero attached hydrogens (tertiary/aromatic N) is 3. The maximum atomic E-state index is 11.6. The third-order valence-electron chi connectivity index (χ3n) is 5.08. The van der Waals surface area contributed by atoms with Gasteiger partial charge in [0.1, 0.15) is 0 Å². The molecule has 0 radical (unpaired) electrons. The number of benzene rings is 1. The number of para-hydroxylation sites is 1. The normalized spacial score (nSPS) is 17.6. The number of thioether (sulfide) groups is 1. The Morgan fingerprint density at radius 1 is 1.04 bits per heavy atom. The summed E-state index contributed by atoms with van der Waals surface area (Å²) in [5.74, 6) is 1.06. The molecular weight excluding hydrogens is 396 g/mol. The summed E-state index contributed by atoms with van der Waals surface area (Å²) in [4.78, 5) is 30.8. The second-order valence-corrected chi connectivity index (χ2v) is 8.19. The quantitative estimate of drug-likeness (QED) is 0.373. The van der Waals surface area contributed by atoms with Gasteiger partial charge in [-0.1, -0.05) is 19.1 Å². The summed E-state index contributed by atoms with van der Waals surface area (Å²) >= 11 is 1.95. The molecule has 0 aromatic heterocycles. The average molecular weight is 427 g/mol. The van der Waals surface area contributed by atoms with Crippen molar-refractivity contribution in [3.05, 3.63) is 24.3 Å². The van der Waals surface area contributed by atoms with Gasteiger partial charge in [-0.3, -0.25) is 14.6 Å². The Labute approximate surface area is 178 Å². The first-order valence-electron chi connectivity index (χ1n) is 9.96. The highest BCUT2D eigenvalue weighted by molar-refractivity contribution is 7.99. The van der Waals surface area contributed by atoms with Crippen LogP contribution in [-0.2, 0) is 4.79 Å². The van der Waals surface area contributed by atoms with E-state index in [0.29, 0.717) is 6.54 Å². The molecule has 8 heteroatoms. The molecule has 0 saturated carbocycles. The first kappa shape index (κ1) is 22.8. The molecule has 28 heavy (non-hydrogen) atoms. The zero-order valence-corrected chi connectivity index (χ0v) is 18.2. The fraction of sp³-hybridized carbons (Fsp3) is 0.600. The van der Waals surface area contributed by atoms with Crippen molar-refractivity contribution >= 4 is 41.8 Å². The van der Waals surface area contributed by atoms with Gasteiger partial charge in [-0.05, 0) is 43.7 Å². The number of hydrogen-bond donors (Lipinski definition) is 1. The van der Waals surface area contributed by atoms with Crippen molar-refractivity contribution in [2.45, 2.75) is 31.1 Å². The van der Waals surface area contributed by atoms with Gasteiger partial charge in [0, 0.05) is 37.6 Å². The standard InChI is InChI=1S/C20H30N4O2S.ClH/c1-2-15-27-18-8-4-3-7-17(18)23-13-11-22(12-14-23)9-5-6-10-24-19(25)16-21-20(24)26;/h3-4,7-8H,2,5-6,9-16H2,1H3,(H,21,26);1H. The van der Waals surface area contributed by atoms with Gasteiger partial charge in [0.2, 0.25) is 5.91 Å². The van der Waals surface area contributed by atoms with Crippen molar-refractivity contribution in [2.24, 2.45) is 0 Å². The maximum Gasteiger partial charge on any atom is 0.324 e. The Morgan fingerprint density at radius 3 is 2.43 bits per heavy atom. The first-order chi connectivity index (χ1) is 13.2. The summed E-state index contributed by atoms with van der Waals surface area (Å²) in [6.07, 6.45) is 3.08. The third kappa shape index (κ3) is 6.03. The largest absolute Gasteiger partial charge is 0.368 e. The minimum atomic E-state index is -0.242. The molecule has 0 spiro atoms. The number of piperazine rings is 1. The van der Waals surface area contributed by atoms with E-state index in [1.54, 1.807) is 0 Å². The molecule has 2 aliphatic heterocycles. The van der Waals surface area contributed by atoms with Crippen molar-refractivity contribution in [1.82, 2.24) is 15.1 Å². The maximum absolute atomic E-state index is 11.6. The number of amides is 3. The molecule has 6 nitrogen and oxygen atoms in total. The number of hydrogen-bond acceptors (Lipinski definition) is 5. The Kier molecular flexibility index (Phi) is 9.41. The highest BCUT2D eigenvalue weighted by atomic mass is 35.5. The Balaban J connectivity index is 0.00000280. The molecule has 1 aromatic rings. The summed E-state index contributed by atoms with van der Waals surface area (Å²) < 4.78 is 0. The smallest absolute Gasteiger partial charge is 0.324 e. The molecule has 0 atom stereocenters. The molecule has 2 fully saturated rings. The van der Waals surface area contributed by atoms with Gasteiger partial charge in [0.15, 0.2) is 0 Å². The number of carbonyl (C=O) groups is 2. The number of unbranched alkanes of at least 4 members (excludes halogenated alkanes) is 1. The summed E-state index contributed by atoms with van der Waals surface area (Å²) in [5, 5.41) is 2.57. The van der Waals surface area contributed by atoms with Gasteiger partial charge in [-0.15, -0.1) is 24.2 Å². The molecule has 0 aliphatic carbocycles. The first-order valence-corrected chi connectivity index (χ1v) is 10.9. The van der Waals surface area contributed by atoms with E-state index in [1.807, 2.05) is 11.8 Å². The van der Waals surface area contributed by atoms with Crippen LogP contribution >= 0.6 is 24.2 Å². The van der Waals surface area contributed by atoms with Crippen LogP contribution in [-0.4, -0.2) is 73.3 Å². The molecule has 1 N–H and O–H groups in total. The van der Waals surface area contributed by atoms with Crippen molar-refractivity contribution in [2.75, 3.05) is 56.5 Å². The van der Waals surface area contributed by atoms with Crippen LogP contribution in [0.1, 0.15) is 26.2 Å². The lowest BCUT2D eigenvalue weighted by molar-refractivity contribution is -0.125. The van der Waals surface area contributed by atoms with Gasteiger partial charge in [-0.2, -0.15) is 0 Å². The zero-order chi connectivity index (χ0) is 19.1. The number of anilines is 1. The molecule has 3 rings (SSSR count). The lowest BCUT2D eigenvalue weighted by Crippen LogP contribution is -2.46. The molecule has 2 saturated heterocycles. The molecule has 1 aromatic carbocycles. The fourth-order valence-corrected chi connectivity index (χ4v) is 4.50. The summed E-state index contributed by atoms with van der Waals surface area (Å²) in [5.41, 5.74) is 1.37.